The predicted octanol–water partition coefficient (Wildman–Crippen LogP) is 4.86. The Morgan fingerprint density at radius 3 is 2.44 bits per heavy atom. The van der Waals surface area contributed by atoms with Crippen LogP contribution in [0.2, 0.25) is 0 Å². The number of ether oxygens (including phenoxy) is 2. The number of aryl methyl sites for hydroxylation is 1. The highest BCUT2D eigenvalue weighted by molar-refractivity contribution is 6.01. The van der Waals surface area contributed by atoms with Crippen LogP contribution in [0.25, 0.3) is 0 Å². The minimum absolute atomic E-state index is 0.0885. The number of nitrogens with two attached hydrogens (primary N) is 1. The maximum Gasteiger partial charge on any atom is 0.271 e. The first-order chi connectivity index (χ1) is 17.0. The molecule has 2 aromatic carbocycles. The van der Waals surface area contributed by atoms with Gasteiger partial charge in [0.15, 0.2) is 17.3 Å². The highest BCUT2D eigenvalue weighted by Crippen LogP contribution is 2.51. The number of nitriles is 1. The maximum atomic E-state index is 13.7. The van der Waals surface area contributed by atoms with Crippen LogP contribution in [0.15, 0.2) is 59.1 Å². The van der Waals surface area contributed by atoms with Gasteiger partial charge in [0.25, 0.3) is 5.69 Å². The van der Waals surface area contributed by atoms with E-state index in [1.54, 1.807) is 29.2 Å². The van der Waals surface area contributed by atoms with Crippen LogP contribution in [0, 0.1) is 33.8 Å². The zero-order valence-corrected chi connectivity index (χ0v) is 20.9. The van der Waals surface area contributed by atoms with Crippen molar-refractivity contribution in [2.24, 2.45) is 11.1 Å². The molecule has 1 aliphatic heterocycles. The Morgan fingerprint density at radius 2 is 1.83 bits per heavy atom. The van der Waals surface area contributed by atoms with Gasteiger partial charge in [-0.25, -0.2) is 0 Å². The summed E-state index contributed by atoms with van der Waals surface area (Å²) in [6.45, 7) is 5.81. The van der Waals surface area contributed by atoms with Crippen molar-refractivity contribution in [3.05, 3.63) is 80.3 Å². The number of hydrogen-bond donors (Lipinski definition) is 1. The zero-order chi connectivity index (χ0) is 26.4. The number of nitrogens with zero attached hydrogens (tertiary/aromatic N) is 3. The predicted molar refractivity (Wildman–Crippen MR) is 134 cm³/mol. The van der Waals surface area contributed by atoms with Crippen LogP contribution in [0.1, 0.15) is 43.7 Å². The molecule has 1 aliphatic carbocycles. The summed E-state index contributed by atoms with van der Waals surface area (Å²) >= 11 is 0. The van der Waals surface area contributed by atoms with Crippen LogP contribution >= 0.6 is 0 Å². The summed E-state index contributed by atoms with van der Waals surface area (Å²) in [6, 6.07) is 12.0. The molecule has 0 aromatic heterocycles. The Morgan fingerprint density at radius 1 is 1.14 bits per heavy atom. The van der Waals surface area contributed by atoms with Gasteiger partial charge in [0.05, 0.1) is 42.4 Å². The van der Waals surface area contributed by atoms with Gasteiger partial charge >= 0.3 is 0 Å². The fourth-order valence-electron chi connectivity index (χ4n) is 5.10. The summed E-state index contributed by atoms with van der Waals surface area (Å²) in [4.78, 5) is 26.4. The molecule has 0 unspecified atom stereocenters. The molecule has 2 aliphatic rings. The van der Waals surface area contributed by atoms with Crippen molar-refractivity contribution in [1.82, 2.24) is 0 Å². The number of carbonyl (C=O) groups is 1. The Kier molecular flexibility index (Phi) is 6.23. The Balaban J connectivity index is 2.03. The van der Waals surface area contributed by atoms with Gasteiger partial charge in [-0.15, -0.1) is 0 Å². The second kappa shape index (κ2) is 9.04. The third kappa shape index (κ3) is 4.05. The number of nitro groups is 1. The second-order valence-electron chi connectivity index (χ2n) is 9.82. The SMILES string of the molecule is COc1ccc([C@@H]2C(C#N)=C(N)N(c3cc([N+](=O)[O-])ccc3C)C3=C2C(=O)CC(C)(C)C3)cc1OC. The van der Waals surface area contributed by atoms with Crippen LogP contribution in [-0.4, -0.2) is 24.9 Å². The number of allylic oxidation sites excluding steroid dienone is 3. The van der Waals surface area contributed by atoms with E-state index in [9.17, 15) is 20.2 Å². The molecule has 1 atom stereocenters. The lowest BCUT2D eigenvalue weighted by Crippen LogP contribution is -2.42. The lowest BCUT2D eigenvalue weighted by Gasteiger charge is -2.44. The maximum absolute atomic E-state index is 13.7. The minimum Gasteiger partial charge on any atom is -0.493 e. The number of benzene rings is 2. The number of carbonyl (C=O) groups excluding carboxylic acids is 1. The van der Waals surface area contributed by atoms with Gasteiger partial charge in [0.1, 0.15) is 5.82 Å². The molecular weight excluding hydrogens is 460 g/mol. The number of anilines is 1. The molecule has 9 heteroatoms. The van der Waals surface area contributed by atoms with Crippen molar-refractivity contribution < 1.29 is 19.2 Å². The van der Waals surface area contributed by atoms with Crippen LogP contribution in [0.3, 0.4) is 0 Å². The summed E-state index contributed by atoms with van der Waals surface area (Å²) in [5.41, 5.74) is 9.38. The summed E-state index contributed by atoms with van der Waals surface area (Å²) in [6.07, 6.45) is 0.801. The number of rotatable bonds is 5. The normalized spacial score (nSPS) is 19.1. The first-order valence-corrected chi connectivity index (χ1v) is 11.5. The third-order valence-corrected chi connectivity index (χ3v) is 6.77. The lowest BCUT2D eigenvalue weighted by molar-refractivity contribution is -0.384. The molecule has 2 N–H and O–H groups in total. The Bertz CT molecular complexity index is 1380. The summed E-state index contributed by atoms with van der Waals surface area (Å²) in [5, 5.41) is 21.8. The van der Waals surface area contributed by atoms with E-state index in [0.717, 1.165) is 5.56 Å². The third-order valence-electron chi connectivity index (χ3n) is 6.77. The lowest BCUT2D eigenvalue weighted by atomic mass is 9.68. The highest BCUT2D eigenvalue weighted by atomic mass is 16.6. The van der Waals surface area contributed by atoms with Crippen molar-refractivity contribution in [2.75, 3.05) is 19.1 Å². The molecule has 9 nitrogen and oxygen atoms in total. The fraction of sp³-hybridized carbons (Fsp3) is 0.333. The quantitative estimate of drug-likeness (QED) is 0.466. The molecule has 0 saturated heterocycles. The number of ketones is 1. The molecule has 186 valence electrons. The smallest absolute Gasteiger partial charge is 0.271 e. The van der Waals surface area contributed by atoms with E-state index in [-0.39, 0.29) is 28.3 Å². The summed E-state index contributed by atoms with van der Waals surface area (Å²) in [5.74, 6) is 0.336. The topological polar surface area (TPSA) is 132 Å². The summed E-state index contributed by atoms with van der Waals surface area (Å²) in [7, 11) is 3.05. The zero-order valence-electron chi connectivity index (χ0n) is 20.9. The van der Waals surface area contributed by atoms with Crippen molar-refractivity contribution in [1.29, 1.82) is 5.26 Å². The van der Waals surface area contributed by atoms with Crippen LogP contribution in [0.4, 0.5) is 11.4 Å². The van der Waals surface area contributed by atoms with Crippen molar-refractivity contribution in [3.63, 3.8) is 0 Å². The van der Waals surface area contributed by atoms with Gasteiger partial charge in [-0.3, -0.25) is 19.8 Å². The molecule has 0 bridgehead atoms. The fourth-order valence-corrected chi connectivity index (χ4v) is 5.10. The number of nitro benzene ring substituents is 1. The number of non-ortho nitro benzene ring substituents is 1. The number of methoxy groups -OCH3 is 2. The molecule has 1 heterocycles. The van der Waals surface area contributed by atoms with E-state index in [0.29, 0.717) is 46.9 Å². The van der Waals surface area contributed by atoms with Crippen molar-refractivity contribution in [3.8, 4) is 17.6 Å². The minimum atomic E-state index is -0.705. The molecule has 36 heavy (non-hydrogen) atoms. The number of Topliss-reactive ketones (excluding diaryl/α,β-unsaturated/α-hetero) is 1. The molecule has 0 fully saturated rings. The molecule has 4 rings (SSSR count). The van der Waals surface area contributed by atoms with E-state index < -0.39 is 10.8 Å². The molecular formula is C27H28N4O5. The average Bonchev–Trinajstić information content (AvgIpc) is 2.82. The molecule has 2 aromatic rings. The monoisotopic (exact) mass is 488 g/mol. The average molecular weight is 489 g/mol. The van der Waals surface area contributed by atoms with E-state index in [1.807, 2.05) is 20.8 Å². The van der Waals surface area contributed by atoms with E-state index in [1.165, 1.54) is 26.4 Å². The molecule has 0 saturated carbocycles. The Labute approximate surface area is 209 Å². The van der Waals surface area contributed by atoms with Gasteiger partial charge in [0, 0.05) is 29.8 Å². The standard InChI is InChI=1S/C27H28N4O5/c1-15-6-8-17(31(33)34)11-19(15)30-20-12-27(2,3)13-21(32)25(20)24(18(14-28)26(30)29)16-7-9-22(35-4)23(10-16)36-5/h6-11,24H,12-13,29H2,1-5H3/t24-/m1/s1. The summed E-state index contributed by atoms with van der Waals surface area (Å²) < 4.78 is 10.8. The van der Waals surface area contributed by atoms with E-state index in [4.69, 9.17) is 15.2 Å². The first-order valence-electron chi connectivity index (χ1n) is 11.5. The molecule has 0 radical (unpaired) electrons. The largest absolute Gasteiger partial charge is 0.493 e. The molecule has 0 amide bonds. The Hall–Kier alpha value is -4.32. The van der Waals surface area contributed by atoms with Crippen LogP contribution in [0.5, 0.6) is 11.5 Å². The van der Waals surface area contributed by atoms with Gasteiger partial charge in [-0.1, -0.05) is 26.0 Å². The van der Waals surface area contributed by atoms with Crippen LogP contribution in [-0.2, 0) is 4.79 Å². The first kappa shape index (κ1) is 24.8. The van der Waals surface area contributed by atoms with Crippen molar-refractivity contribution >= 4 is 17.2 Å². The van der Waals surface area contributed by atoms with E-state index >= 15 is 0 Å². The van der Waals surface area contributed by atoms with Gasteiger partial charge < -0.3 is 15.2 Å². The van der Waals surface area contributed by atoms with E-state index in [2.05, 4.69) is 6.07 Å². The second-order valence-corrected chi connectivity index (χ2v) is 9.82. The van der Waals surface area contributed by atoms with Gasteiger partial charge in [-0.2, -0.15) is 5.26 Å². The van der Waals surface area contributed by atoms with Crippen molar-refractivity contribution in [2.45, 2.75) is 39.5 Å². The van der Waals surface area contributed by atoms with Crippen LogP contribution < -0.4 is 20.1 Å². The highest BCUT2D eigenvalue weighted by Gasteiger charge is 2.45. The van der Waals surface area contributed by atoms with Gasteiger partial charge in [0.2, 0.25) is 0 Å². The number of hydrogen-bond acceptors (Lipinski definition) is 8. The van der Waals surface area contributed by atoms with Gasteiger partial charge in [-0.05, 0) is 42.0 Å². The molecule has 0 spiro atoms.